The molecule has 0 spiro atoms. The predicted octanol–water partition coefficient (Wildman–Crippen LogP) is 3.84. The molecule has 0 N–H and O–H groups in total. The molecule has 0 saturated carbocycles. The van der Waals surface area contributed by atoms with E-state index in [0.29, 0.717) is 6.61 Å². The van der Waals surface area contributed by atoms with Crippen molar-refractivity contribution in [3.8, 4) is 0 Å². The Morgan fingerprint density at radius 3 is 2.08 bits per heavy atom. The van der Waals surface area contributed by atoms with Gasteiger partial charge < -0.3 is 9.47 Å². The first-order valence-electron chi connectivity index (χ1n) is 8.37. The maximum absolute atomic E-state index is 5.53. The van der Waals surface area contributed by atoms with Crippen LogP contribution in [-0.4, -0.2) is 31.3 Å². The monoisotopic (exact) mass is 319 g/mol. The van der Waals surface area contributed by atoms with Crippen molar-refractivity contribution in [3.63, 3.8) is 0 Å². The Morgan fingerprint density at radius 2 is 1.58 bits per heavy atom. The fourth-order valence-electron chi connectivity index (χ4n) is 3.33. The highest BCUT2D eigenvalue weighted by molar-refractivity contribution is 6.13. The molecule has 1 saturated heterocycles. The molecular formula is C21H21NO2. The molecule has 1 heterocycles. The molecule has 2 aliphatic rings. The third-order valence-corrected chi connectivity index (χ3v) is 4.79. The van der Waals surface area contributed by atoms with Gasteiger partial charge in [-0.1, -0.05) is 72.8 Å². The Bertz CT molecular complexity index is 706. The van der Waals surface area contributed by atoms with Crippen LogP contribution in [-0.2, 0) is 9.47 Å². The van der Waals surface area contributed by atoms with Crippen LogP contribution in [0.1, 0.15) is 17.5 Å². The van der Waals surface area contributed by atoms with E-state index in [1.807, 2.05) is 12.1 Å². The van der Waals surface area contributed by atoms with Crippen LogP contribution in [0, 0.1) is 5.92 Å². The standard InChI is InChI=1S/C21H21NO2/c1-23-21(15-24-21)18-12-13-19(14-18)22-20(16-8-4-2-5-9-16)17-10-6-3-7-11-17/h2-13,18-19H,14-15H2,1H3/t18-,19+,21?/m0/s1. The second-order valence-electron chi connectivity index (χ2n) is 6.31. The Kier molecular flexibility index (Phi) is 4.05. The molecule has 0 bridgehead atoms. The minimum Gasteiger partial charge on any atom is -0.351 e. The third kappa shape index (κ3) is 2.93. The molecular weight excluding hydrogens is 298 g/mol. The first kappa shape index (κ1) is 15.3. The van der Waals surface area contributed by atoms with Crippen LogP contribution in [0.15, 0.2) is 77.8 Å². The summed E-state index contributed by atoms with van der Waals surface area (Å²) in [6, 6.07) is 20.9. The highest BCUT2D eigenvalue weighted by Crippen LogP contribution is 2.42. The molecule has 0 radical (unpaired) electrons. The second-order valence-corrected chi connectivity index (χ2v) is 6.31. The van der Waals surface area contributed by atoms with Crippen LogP contribution >= 0.6 is 0 Å². The molecule has 1 aliphatic carbocycles. The van der Waals surface area contributed by atoms with Gasteiger partial charge in [0.05, 0.1) is 11.8 Å². The van der Waals surface area contributed by atoms with Gasteiger partial charge in [0.15, 0.2) is 5.79 Å². The molecule has 24 heavy (non-hydrogen) atoms. The lowest BCUT2D eigenvalue weighted by Gasteiger charge is -2.17. The van der Waals surface area contributed by atoms with E-state index in [4.69, 9.17) is 14.5 Å². The van der Waals surface area contributed by atoms with Crippen molar-refractivity contribution in [1.82, 2.24) is 0 Å². The zero-order chi connectivity index (χ0) is 16.4. The van der Waals surface area contributed by atoms with Gasteiger partial charge in [0, 0.05) is 24.2 Å². The zero-order valence-corrected chi connectivity index (χ0v) is 13.8. The van der Waals surface area contributed by atoms with E-state index in [1.165, 1.54) is 0 Å². The van der Waals surface area contributed by atoms with Gasteiger partial charge in [0.2, 0.25) is 0 Å². The lowest BCUT2D eigenvalue weighted by atomic mass is 10.00. The lowest BCUT2D eigenvalue weighted by Crippen LogP contribution is -2.25. The van der Waals surface area contributed by atoms with E-state index in [-0.39, 0.29) is 12.0 Å². The fraction of sp³-hybridized carbons (Fsp3) is 0.286. The molecule has 3 atom stereocenters. The van der Waals surface area contributed by atoms with Crippen molar-refractivity contribution in [2.75, 3.05) is 13.7 Å². The summed E-state index contributed by atoms with van der Waals surface area (Å²) in [7, 11) is 1.72. The molecule has 3 nitrogen and oxygen atoms in total. The highest BCUT2D eigenvalue weighted by Gasteiger charge is 2.52. The van der Waals surface area contributed by atoms with Crippen molar-refractivity contribution in [2.45, 2.75) is 18.2 Å². The Hall–Kier alpha value is -2.23. The summed E-state index contributed by atoms with van der Waals surface area (Å²) >= 11 is 0. The number of benzene rings is 2. The number of methoxy groups -OCH3 is 1. The second kappa shape index (κ2) is 6.34. The van der Waals surface area contributed by atoms with Gasteiger partial charge in [-0.2, -0.15) is 0 Å². The van der Waals surface area contributed by atoms with Gasteiger partial charge in [-0.3, -0.25) is 4.99 Å². The van der Waals surface area contributed by atoms with Crippen molar-refractivity contribution in [3.05, 3.63) is 83.9 Å². The summed E-state index contributed by atoms with van der Waals surface area (Å²) in [6.45, 7) is 0.680. The SMILES string of the molecule is COC1([C@H]2C=C[C@@H](N=C(c3ccccc3)c3ccccc3)C2)CO1. The Balaban J connectivity index is 1.63. The Labute approximate surface area is 142 Å². The van der Waals surface area contributed by atoms with Gasteiger partial charge in [-0.05, 0) is 6.42 Å². The van der Waals surface area contributed by atoms with Gasteiger partial charge in [-0.25, -0.2) is 0 Å². The number of rotatable bonds is 5. The number of epoxide rings is 1. The molecule has 122 valence electrons. The van der Waals surface area contributed by atoms with Crippen molar-refractivity contribution in [1.29, 1.82) is 0 Å². The number of nitrogens with zero attached hydrogens (tertiary/aromatic N) is 1. The van der Waals surface area contributed by atoms with Crippen LogP contribution in [0.3, 0.4) is 0 Å². The molecule has 0 amide bonds. The summed E-state index contributed by atoms with van der Waals surface area (Å²) in [6.07, 6.45) is 5.30. The van der Waals surface area contributed by atoms with Crippen LogP contribution in [0.25, 0.3) is 0 Å². The summed E-state index contributed by atoms with van der Waals surface area (Å²) in [4.78, 5) is 5.06. The average Bonchev–Trinajstić information content (AvgIpc) is 3.32. The van der Waals surface area contributed by atoms with Gasteiger partial charge in [0.25, 0.3) is 0 Å². The summed E-state index contributed by atoms with van der Waals surface area (Å²) in [5, 5.41) is 0. The minimum atomic E-state index is -0.402. The molecule has 1 fully saturated rings. The minimum absolute atomic E-state index is 0.154. The first-order valence-corrected chi connectivity index (χ1v) is 8.37. The van der Waals surface area contributed by atoms with E-state index in [9.17, 15) is 0 Å². The third-order valence-electron chi connectivity index (χ3n) is 4.79. The van der Waals surface area contributed by atoms with Crippen LogP contribution in [0.5, 0.6) is 0 Å². The average molecular weight is 319 g/mol. The fourth-order valence-corrected chi connectivity index (χ4v) is 3.33. The van der Waals surface area contributed by atoms with Crippen molar-refractivity contribution < 1.29 is 9.47 Å². The molecule has 1 aliphatic heterocycles. The smallest absolute Gasteiger partial charge is 0.198 e. The quantitative estimate of drug-likeness (QED) is 0.477. The van der Waals surface area contributed by atoms with E-state index >= 15 is 0 Å². The van der Waals surface area contributed by atoms with Gasteiger partial charge in [0.1, 0.15) is 6.61 Å². The molecule has 2 aromatic rings. The van der Waals surface area contributed by atoms with Gasteiger partial charge >= 0.3 is 0 Å². The van der Waals surface area contributed by atoms with Gasteiger partial charge in [-0.15, -0.1) is 0 Å². The number of ether oxygens (including phenoxy) is 2. The molecule has 0 aromatic heterocycles. The van der Waals surface area contributed by atoms with E-state index in [2.05, 4.69) is 60.7 Å². The van der Waals surface area contributed by atoms with Crippen LogP contribution < -0.4 is 0 Å². The first-order chi connectivity index (χ1) is 11.8. The molecule has 2 aromatic carbocycles. The topological polar surface area (TPSA) is 34.1 Å². The maximum atomic E-state index is 5.53. The van der Waals surface area contributed by atoms with Crippen molar-refractivity contribution in [2.24, 2.45) is 10.9 Å². The normalized spacial score (nSPS) is 27.9. The maximum Gasteiger partial charge on any atom is 0.198 e. The zero-order valence-electron chi connectivity index (χ0n) is 13.8. The predicted molar refractivity (Wildman–Crippen MR) is 95.3 cm³/mol. The van der Waals surface area contributed by atoms with E-state index in [0.717, 1.165) is 23.3 Å². The molecule has 1 unspecified atom stereocenters. The lowest BCUT2D eigenvalue weighted by molar-refractivity contribution is -0.0414. The molecule has 3 heteroatoms. The van der Waals surface area contributed by atoms with Crippen LogP contribution in [0.2, 0.25) is 0 Å². The summed E-state index contributed by atoms with van der Waals surface area (Å²) in [5.41, 5.74) is 3.32. The number of hydrogen-bond acceptors (Lipinski definition) is 3. The number of aliphatic imine (C=N–C) groups is 1. The molecule has 4 rings (SSSR count). The largest absolute Gasteiger partial charge is 0.351 e. The summed E-state index contributed by atoms with van der Waals surface area (Å²) in [5.74, 6) is -0.121. The van der Waals surface area contributed by atoms with Crippen molar-refractivity contribution >= 4 is 5.71 Å². The Morgan fingerprint density at radius 1 is 1.00 bits per heavy atom. The highest BCUT2D eigenvalue weighted by atomic mass is 16.8. The van der Waals surface area contributed by atoms with Crippen LogP contribution in [0.4, 0.5) is 0 Å². The van der Waals surface area contributed by atoms with E-state index in [1.54, 1.807) is 7.11 Å². The number of hydrogen-bond donors (Lipinski definition) is 0. The summed E-state index contributed by atoms with van der Waals surface area (Å²) < 4.78 is 11.1. The van der Waals surface area contributed by atoms with E-state index < -0.39 is 5.79 Å².